The molecule has 0 bridgehead atoms. The quantitative estimate of drug-likeness (QED) is 0.0417. The second-order valence-electron chi connectivity index (χ2n) is 15.4. The van der Waals surface area contributed by atoms with Crippen molar-refractivity contribution < 1.29 is 28.7 Å². The van der Waals surface area contributed by atoms with Crippen LogP contribution in [0.15, 0.2) is 54.6 Å². The Morgan fingerprint density at radius 2 is 1.28 bits per heavy atom. The number of rotatable bonds is 22. The molecule has 5 heterocycles. The number of unbranched alkanes of at least 4 members (excludes halogenated alkanes) is 1. The predicted octanol–water partition coefficient (Wildman–Crippen LogP) is 2.62. The topological polar surface area (TPSA) is 251 Å². The van der Waals surface area contributed by atoms with E-state index in [9.17, 15) is 19.2 Å². The number of benzene rings is 2. The highest BCUT2D eigenvalue weighted by Crippen LogP contribution is 2.33. The molecule has 4 aromatic rings. The second-order valence-corrected chi connectivity index (χ2v) is 16.7. The molecule has 8 N–H and O–H groups in total. The number of fused-ring (bicyclic) bond motifs is 1. The van der Waals surface area contributed by atoms with Crippen LogP contribution >= 0.6 is 11.8 Å². The Kier molecular flexibility index (Phi) is 16.2. The summed E-state index contributed by atoms with van der Waals surface area (Å²) in [6.07, 6.45) is 2.99. The van der Waals surface area contributed by atoms with Crippen LogP contribution in [-0.2, 0) is 14.4 Å². The number of carbonyl (C=O) groups is 4. The van der Waals surface area contributed by atoms with Crippen LogP contribution in [-0.4, -0.2) is 138 Å². The SMILES string of the molecule is COc1ccc(-c2cc(-c3ccc(OC)cc3)nc(NC(=O)CCC(=O)NCCNc3nc(NCCNC(=O)CCCC[C@@H]4SC[C@@H]5NC(=O)N[C@@H]54)nc(N4CCNCC4)n3)n2)cc1. The van der Waals surface area contributed by atoms with E-state index in [2.05, 4.69) is 72.4 Å². The maximum atomic E-state index is 13.1. The number of hydrogen-bond donors (Lipinski definition) is 8. The van der Waals surface area contributed by atoms with E-state index < -0.39 is 5.91 Å². The van der Waals surface area contributed by atoms with Crippen molar-refractivity contribution in [3.8, 4) is 34.0 Å². The van der Waals surface area contributed by atoms with Crippen molar-refractivity contribution in [3.05, 3.63) is 54.6 Å². The zero-order valence-corrected chi connectivity index (χ0v) is 36.9. The van der Waals surface area contributed by atoms with Crippen LogP contribution in [0.5, 0.6) is 11.5 Å². The number of ether oxygens (including phenoxy) is 2. The average Bonchev–Trinajstić information content (AvgIpc) is 3.89. The standard InChI is InChI=1S/C43H56N14O6S/c1-62-29-11-7-27(8-12-29)31-25-32(28-9-13-30(63-2)14-10-28)50-41(49-31)52-37(60)16-15-36(59)46-18-20-48-40-54-39(55-42(56-40)57-23-21-44-22-24-57)47-19-17-45-35(58)6-4-3-5-34-38-33(26-64-34)51-43(61)53-38/h7-14,25,33-34,38,44H,3-6,15-24,26H2,1-2H3,(H,45,58)(H,46,59)(H2,51,53,61)(H,49,50,52,60)(H2,47,48,54,55,56)/t33-,34-,38-/m0/s1. The molecule has 2 aromatic carbocycles. The van der Waals surface area contributed by atoms with Gasteiger partial charge in [-0.3, -0.25) is 19.7 Å². The minimum Gasteiger partial charge on any atom is -0.497 e. The van der Waals surface area contributed by atoms with Crippen molar-refractivity contribution in [2.24, 2.45) is 0 Å². The molecule has 21 heteroatoms. The third-order valence-corrected chi connectivity index (χ3v) is 12.4. The first kappa shape index (κ1) is 45.5. The highest BCUT2D eigenvalue weighted by atomic mass is 32.2. The minimum absolute atomic E-state index is 0.0133. The second kappa shape index (κ2) is 22.7. The molecule has 3 saturated heterocycles. The van der Waals surface area contributed by atoms with E-state index in [-0.39, 0.29) is 55.3 Å². The molecule has 0 aliphatic carbocycles. The summed E-state index contributed by atoms with van der Waals surface area (Å²) in [5, 5.41) is 24.6. The smallest absolute Gasteiger partial charge is 0.315 e. The fourth-order valence-electron chi connectivity index (χ4n) is 7.47. The number of carbonyl (C=O) groups excluding carboxylic acids is 4. The molecular weight excluding hydrogens is 841 g/mol. The summed E-state index contributed by atoms with van der Waals surface area (Å²) in [6.45, 7) is 4.47. The maximum Gasteiger partial charge on any atom is 0.315 e. The molecule has 20 nitrogen and oxygen atoms in total. The lowest BCUT2D eigenvalue weighted by atomic mass is 10.0. The first-order valence-corrected chi connectivity index (χ1v) is 22.7. The number of methoxy groups -OCH3 is 2. The minimum atomic E-state index is -0.405. The van der Waals surface area contributed by atoms with E-state index >= 15 is 0 Å². The van der Waals surface area contributed by atoms with Crippen molar-refractivity contribution in [1.82, 2.24) is 51.5 Å². The zero-order valence-electron chi connectivity index (χ0n) is 36.1. The van der Waals surface area contributed by atoms with Crippen LogP contribution in [0.1, 0.15) is 38.5 Å². The van der Waals surface area contributed by atoms with Gasteiger partial charge in [-0.1, -0.05) is 6.42 Å². The molecule has 0 unspecified atom stereocenters. The van der Waals surface area contributed by atoms with Crippen molar-refractivity contribution >= 4 is 59.3 Å². The van der Waals surface area contributed by atoms with Gasteiger partial charge in [0.2, 0.25) is 41.5 Å². The highest BCUT2D eigenvalue weighted by molar-refractivity contribution is 8.00. The van der Waals surface area contributed by atoms with E-state index in [0.717, 1.165) is 62.3 Å². The fraction of sp³-hybridized carbons (Fsp3) is 0.465. The molecule has 7 rings (SSSR count). The lowest BCUT2D eigenvalue weighted by Crippen LogP contribution is -2.44. The molecule has 0 saturated carbocycles. The molecule has 3 aliphatic heterocycles. The van der Waals surface area contributed by atoms with Gasteiger partial charge in [0.15, 0.2) is 0 Å². The molecule has 3 aliphatic rings. The summed E-state index contributed by atoms with van der Waals surface area (Å²) in [6, 6.07) is 17.0. The summed E-state index contributed by atoms with van der Waals surface area (Å²) in [7, 11) is 3.20. The molecular formula is C43H56N14O6S. The zero-order chi connectivity index (χ0) is 44.7. The summed E-state index contributed by atoms with van der Waals surface area (Å²) >= 11 is 1.88. The van der Waals surface area contributed by atoms with Gasteiger partial charge in [-0.2, -0.15) is 26.7 Å². The van der Waals surface area contributed by atoms with Gasteiger partial charge < -0.3 is 51.6 Å². The predicted molar refractivity (Wildman–Crippen MR) is 246 cm³/mol. The fourth-order valence-corrected chi connectivity index (χ4v) is 9.01. The molecule has 64 heavy (non-hydrogen) atoms. The molecule has 3 atom stereocenters. The van der Waals surface area contributed by atoms with Crippen molar-refractivity contribution in [2.75, 3.05) is 93.2 Å². The van der Waals surface area contributed by atoms with E-state index in [1.54, 1.807) is 14.2 Å². The summed E-state index contributed by atoms with van der Waals surface area (Å²) in [5.74, 6) is 2.96. The number of nitrogens with one attached hydrogen (secondary N) is 8. The van der Waals surface area contributed by atoms with Gasteiger partial charge in [-0.25, -0.2) is 14.8 Å². The van der Waals surface area contributed by atoms with Gasteiger partial charge in [0.05, 0.1) is 37.7 Å². The number of anilines is 4. The van der Waals surface area contributed by atoms with Gasteiger partial charge in [-0.05, 0) is 67.4 Å². The third-order valence-electron chi connectivity index (χ3n) is 10.9. The van der Waals surface area contributed by atoms with Crippen LogP contribution in [0.3, 0.4) is 0 Å². The number of piperazine rings is 1. The Morgan fingerprint density at radius 1 is 0.703 bits per heavy atom. The largest absolute Gasteiger partial charge is 0.497 e. The van der Waals surface area contributed by atoms with Crippen LogP contribution in [0, 0.1) is 0 Å². The lowest BCUT2D eigenvalue weighted by Gasteiger charge is -2.27. The monoisotopic (exact) mass is 896 g/mol. The van der Waals surface area contributed by atoms with Gasteiger partial charge in [0.25, 0.3) is 0 Å². The van der Waals surface area contributed by atoms with Crippen LogP contribution < -0.4 is 56.9 Å². The van der Waals surface area contributed by atoms with Crippen molar-refractivity contribution in [3.63, 3.8) is 0 Å². The van der Waals surface area contributed by atoms with E-state index in [1.807, 2.05) is 66.4 Å². The Hall–Kier alpha value is -6.48. The summed E-state index contributed by atoms with van der Waals surface area (Å²) in [5.41, 5.74) is 2.82. The number of aromatic nitrogens is 5. The Labute approximate surface area is 376 Å². The number of hydrogen-bond acceptors (Lipinski definition) is 16. The first-order chi connectivity index (χ1) is 31.2. The van der Waals surface area contributed by atoms with Crippen LogP contribution in [0.2, 0.25) is 0 Å². The molecule has 3 fully saturated rings. The van der Waals surface area contributed by atoms with Crippen molar-refractivity contribution in [2.45, 2.75) is 55.9 Å². The molecule has 0 spiro atoms. The molecule has 5 amide bonds. The Morgan fingerprint density at radius 3 is 1.88 bits per heavy atom. The molecule has 2 aromatic heterocycles. The number of nitrogens with zero attached hydrogens (tertiary/aromatic N) is 6. The highest BCUT2D eigenvalue weighted by Gasteiger charge is 2.42. The molecule has 0 radical (unpaired) electrons. The third kappa shape index (κ3) is 13.0. The lowest BCUT2D eigenvalue weighted by molar-refractivity contribution is -0.124. The van der Waals surface area contributed by atoms with E-state index in [0.29, 0.717) is 72.0 Å². The van der Waals surface area contributed by atoms with Gasteiger partial charge >= 0.3 is 6.03 Å². The maximum absolute atomic E-state index is 13.1. The average molecular weight is 897 g/mol. The number of urea groups is 1. The number of amides is 5. The summed E-state index contributed by atoms with van der Waals surface area (Å²) in [4.78, 5) is 75.1. The van der Waals surface area contributed by atoms with Crippen LogP contribution in [0.25, 0.3) is 22.5 Å². The van der Waals surface area contributed by atoms with E-state index in [4.69, 9.17) is 9.47 Å². The van der Waals surface area contributed by atoms with Gasteiger partial charge in [0.1, 0.15) is 11.5 Å². The van der Waals surface area contributed by atoms with E-state index in [1.165, 1.54) is 0 Å². The molecule has 340 valence electrons. The first-order valence-electron chi connectivity index (χ1n) is 21.6. The van der Waals surface area contributed by atoms with Crippen molar-refractivity contribution in [1.29, 1.82) is 0 Å². The Bertz CT molecular complexity index is 2150. The summed E-state index contributed by atoms with van der Waals surface area (Å²) < 4.78 is 10.6. The Balaban J connectivity index is 0.845. The number of thioether (sulfide) groups is 1. The van der Waals surface area contributed by atoms with Gasteiger partial charge in [-0.15, -0.1) is 0 Å². The van der Waals surface area contributed by atoms with Gasteiger partial charge in [0, 0.05) is 93.8 Å². The van der Waals surface area contributed by atoms with Crippen LogP contribution in [0.4, 0.5) is 28.6 Å². The normalized spacial score (nSPS) is 17.7.